The molecule has 0 fully saturated rings. The molecule has 0 aromatic heterocycles. The molecule has 0 atom stereocenters. The molecule has 0 unspecified atom stereocenters. The Morgan fingerprint density at radius 1 is 0.750 bits per heavy atom. The second-order valence-electron chi connectivity index (χ2n) is 7.46. The second kappa shape index (κ2) is 12.3. The van der Waals surface area contributed by atoms with Gasteiger partial charge in [0.2, 0.25) is 0 Å². The third kappa shape index (κ3) is 7.24. The lowest BCUT2D eigenvalue weighted by Gasteiger charge is -2.08. The number of ether oxygens (including phenoxy) is 2. The fraction of sp³-hybridized carbons (Fsp3) is 0.214. The van der Waals surface area contributed by atoms with Gasteiger partial charge in [-0.05, 0) is 66.6 Å². The van der Waals surface area contributed by atoms with E-state index < -0.39 is 5.97 Å². The SMILES string of the molecule is CCCCCCOc1ccc(C(=O)Oc2ccc(C(=O)/C=C/c3ccccc3)cc2)cc1. The molecule has 0 bridgehead atoms. The molecule has 0 radical (unpaired) electrons. The smallest absolute Gasteiger partial charge is 0.343 e. The normalized spacial score (nSPS) is 10.8. The van der Waals surface area contributed by atoms with Crippen molar-refractivity contribution in [1.82, 2.24) is 0 Å². The van der Waals surface area contributed by atoms with Gasteiger partial charge in [0.15, 0.2) is 5.78 Å². The van der Waals surface area contributed by atoms with Crippen molar-refractivity contribution >= 4 is 17.8 Å². The van der Waals surface area contributed by atoms with E-state index in [9.17, 15) is 9.59 Å². The van der Waals surface area contributed by atoms with Crippen LogP contribution in [-0.2, 0) is 0 Å². The van der Waals surface area contributed by atoms with E-state index in [0.717, 1.165) is 24.2 Å². The molecule has 0 spiro atoms. The molecule has 0 aliphatic rings. The molecule has 3 aromatic carbocycles. The van der Waals surface area contributed by atoms with Crippen molar-refractivity contribution in [2.75, 3.05) is 6.61 Å². The largest absolute Gasteiger partial charge is 0.494 e. The first-order valence-electron chi connectivity index (χ1n) is 11.0. The zero-order valence-corrected chi connectivity index (χ0v) is 18.3. The first-order valence-corrected chi connectivity index (χ1v) is 11.0. The summed E-state index contributed by atoms with van der Waals surface area (Å²) in [6.45, 7) is 2.85. The number of benzene rings is 3. The Kier molecular flexibility index (Phi) is 8.81. The van der Waals surface area contributed by atoms with Crippen LogP contribution in [0.5, 0.6) is 11.5 Å². The van der Waals surface area contributed by atoms with E-state index in [4.69, 9.17) is 9.47 Å². The molecular formula is C28H28O4. The summed E-state index contributed by atoms with van der Waals surface area (Å²) in [7, 11) is 0. The standard InChI is InChI=1S/C28H28O4/c1-2-3-4-8-21-31-25-16-14-24(15-17-25)28(30)32-26-18-12-23(13-19-26)27(29)20-11-22-9-6-5-7-10-22/h5-7,9-20H,2-4,8,21H2,1H3/b20-11+. The molecule has 32 heavy (non-hydrogen) atoms. The van der Waals surface area contributed by atoms with Gasteiger partial charge in [0.25, 0.3) is 0 Å². The Bertz CT molecular complexity index is 1020. The zero-order chi connectivity index (χ0) is 22.6. The minimum absolute atomic E-state index is 0.114. The molecule has 0 heterocycles. The van der Waals surface area contributed by atoms with Crippen molar-refractivity contribution < 1.29 is 19.1 Å². The number of hydrogen-bond acceptors (Lipinski definition) is 4. The van der Waals surface area contributed by atoms with Crippen molar-refractivity contribution in [2.24, 2.45) is 0 Å². The molecule has 0 aliphatic heterocycles. The first kappa shape index (κ1) is 23.0. The average molecular weight is 429 g/mol. The average Bonchev–Trinajstić information content (AvgIpc) is 2.84. The minimum Gasteiger partial charge on any atom is -0.494 e. The van der Waals surface area contributed by atoms with Crippen molar-refractivity contribution in [1.29, 1.82) is 0 Å². The maximum Gasteiger partial charge on any atom is 0.343 e. The van der Waals surface area contributed by atoms with Crippen molar-refractivity contribution in [3.63, 3.8) is 0 Å². The van der Waals surface area contributed by atoms with Crippen LogP contribution >= 0.6 is 0 Å². The number of ketones is 1. The van der Waals surface area contributed by atoms with E-state index in [1.54, 1.807) is 54.6 Å². The number of hydrogen-bond donors (Lipinski definition) is 0. The highest BCUT2D eigenvalue weighted by Gasteiger charge is 2.10. The zero-order valence-electron chi connectivity index (χ0n) is 18.3. The number of carbonyl (C=O) groups excluding carboxylic acids is 2. The highest BCUT2D eigenvalue weighted by atomic mass is 16.5. The lowest BCUT2D eigenvalue weighted by atomic mass is 10.1. The van der Waals surface area contributed by atoms with Gasteiger partial charge < -0.3 is 9.47 Å². The predicted octanol–water partition coefficient (Wildman–Crippen LogP) is 6.76. The van der Waals surface area contributed by atoms with Crippen molar-refractivity contribution in [3.8, 4) is 11.5 Å². The molecule has 0 saturated heterocycles. The molecule has 0 saturated carbocycles. The highest BCUT2D eigenvalue weighted by Crippen LogP contribution is 2.18. The van der Waals surface area contributed by atoms with Crippen LogP contribution in [0.3, 0.4) is 0 Å². The van der Waals surface area contributed by atoms with Gasteiger partial charge in [0.1, 0.15) is 11.5 Å². The number of carbonyl (C=O) groups is 2. The highest BCUT2D eigenvalue weighted by molar-refractivity contribution is 6.06. The molecular weight excluding hydrogens is 400 g/mol. The third-order valence-electron chi connectivity index (χ3n) is 4.93. The lowest BCUT2D eigenvalue weighted by Crippen LogP contribution is -2.08. The molecule has 3 aromatic rings. The Balaban J connectivity index is 1.50. The number of allylic oxidation sites excluding steroid dienone is 1. The van der Waals surface area contributed by atoms with Crippen LogP contribution in [0.25, 0.3) is 6.08 Å². The van der Waals surface area contributed by atoms with E-state index in [-0.39, 0.29) is 5.78 Å². The second-order valence-corrected chi connectivity index (χ2v) is 7.46. The Morgan fingerprint density at radius 3 is 2.09 bits per heavy atom. The summed E-state index contributed by atoms with van der Waals surface area (Å²) in [5.74, 6) is 0.555. The summed E-state index contributed by atoms with van der Waals surface area (Å²) >= 11 is 0. The Morgan fingerprint density at radius 2 is 1.41 bits per heavy atom. The summed E-state index contributed by atoms with van der Waals surface area (Å²) < 4.78 is 11.1. The van der Waals surface area contributed by atoms with Crippen LogP contribution in [0.2, 0.25) is 0 Å². The maximum absolute atomic E-state index is 12.4. The summed E-state index contributed by atoms with van der Waals surface area (Å²) in [6, 6.07) is 23.1. The van der Waals surface area contributed by atoms with Gasteiger partial charge in [-0.1, -0.05) is 62.6 Å². The minimum atomic E-state index is -0.456. The van der Waals surface area contributed by atoms with Crippen LogP contribution in [-0.4, -0.2) is 18.4 Å². The maximum atomic E-state index is 12.4. The van der Waals surface area contributed by atoms with E-state index >= 15 is 0 Å². The topological polar surface area (TPSA) is 52.6 Å². The first-order chi connectivity index (χ1) is 15.7. The number of esters is 1. The number of unbranched alkanes of at least 4 members (excludes halogenated alkanes) is 3. The van der Waals surface area contributed by atoms with Gasteiger partial charge in [-0.15, -0.1) is 0 Å². The van der Waals surface area contributed by atoms with Gasteiger partial charge in [-0.25, -0.2) is 4.79 Å². The summed E-state index contributed by atoms with van der Waals surface area (Å²) in [6.07, 6.45) is 7.90. The fourth-order valence-corrected chi connectivity index (χ4v) is 3.09. The summed E-state index contributed by atoms with van der Waals surface area (Å²) in [5, 5.41) is 0. The molecule has 4 heteroatoms. The lowest BCUT2D eigenvalue weighted by molar-refractivity contribution is 0.0734. The third-order valence-corrected chi connectivity index (χ3v) is 4.93. The van der Waals surface area contributed by atoms with Crippen LogP contribution < -0.4 is 9.47 Å². The van der Waals surface area contributed by atoms with Gasteiger partial charge in [0, 0.05) is 5.56 Å². The monoisotopic (exact) mass is 428 g/mol. The van der Waals surface area contributed by atoms with E-state index in [0.29, 0.717) is 23.5 Å². The van der Waals surface area contributed by atoms with Crippen LogP contribution in [0.1, 0.15) is 58.9 Å². The molecule has 3 rings (SSSR count). The van der Waals surface area contributed by atoms with Gasteiger partial charge in [0.05, 0.1) is 12.2 Å². The van der Waals surface area contributed by atoms with Crippen molar-refractivity contribution in [2.45, 2.75) is 32.6 Å². The molecule has 4 nitrogen and oxygen atoms in total. The molecule has 0 amide bonds. The molecule has 0 aliphatic carbocycles. The quantitative estimate of drug-likeness (QED) is 0.111. The van der Waals surface area contributed by atoms with Crippen LogP contribution in [0, 0.1) is 0 Å². The van der Waals surface area contributed by atoms with Crippen LogP contribution in [0.15, 0.2) is 84.9 Å². The Hall–Kier alpha value is -3.66. The number of rotatable bonds is 11. The van der Waals surface area contributed by atoms with Gasteiger partial charge in [-0.2, -0.15) is 0 Å². The van der Waals surface area contributed by atoms with Gasteiger partial charge in [-0.3, -0.25) is 4.79 Å². The Labute approximate surface area is 189 Å². The summed E-state index contributed by atoms with van der Waals surface area (Å²) in [4.78, 5) is 24.7. The summed E-state index contributed by atoms with van der Waals surface area (Å²) in [5.41, 5.74) is 1.92. The molecule has 164 valence electrons. The van der Waals surface area contributed by atoms with E-state index in [2.05, 4.69) is 6.92 Å². The fourth-order valence-electron chi connectivity index (χ4n) is 3.09. The van der Waals surface area contributed by atoms with Crippen LogP contribution in [0.4, 0.5) is 0 Å². The molecule has 0 N–H and O–H groups in total. The van der Waals surface area contributed by atoms with Gasteiger partial charge >= 0.3 is 5.97 Å². The predicted molar refractivity (Wildman–Crippen MR) is 127 cm³/mol. The van der Waals surface area contributed by atoms with E-state index in [1.165, 1.54) is 18.9 Å². The van der Waals surface area contributed by atoms with E-state index in [1.807, 2.05) is 30.3 Å². The van der Waals surface area contributed by atoms with Crippen molar-refractivity contribution in [3.05, 3.63) is 102 Å².